The Balaban J connectivity index is 1.24. The van der Waals surface area contributed by atoms with E-state index in [1.165, 1.54) is 0 Å². The maximum atomic E-state index is 12.5. The zero-order valence-electron chi connectivity index (χ0n) is 19.7. The van der Waals surface area contributed by atoms with E-state index in [0.717, 1.165) is 22.9 Å². The second-order valence-corrected chi connectivity index (χ2v) is 8.52. The van der Waals surface area contributed by atoms with Gasteiger partial charge in [0.15, 0.2) is 12.0 Å². The predicted octanol–water partition coefficient (Wildman–Crippen LogP) is 2.35. The molecule has 9 nitrogen and oxygen atoms in total. The summed E-state index contributed by atoms with van der Waals surface area (Å²) in [6.07, 6.45) is 0. The number of carbonyl (C=O) groups excluding carboxylic acids is 3. The molecule has 2 amide bonds. The lowest BCUT2D eigenvalue weighted by Gasteiger charge is -2.34. The standard InChI is InChI=1S/C26H27N3O6/c1-17-6-5-7-18(2)25(17)27-23(31)15-28-10-12-29(13-11-28)24(32)16-34-26(33)22-14-20(30)19-8-3-4-9-21(19)35-22/h3-9,14H,10-13,15-16H2,1-2H3,(H,27,31). The normalized spacial score (nSPS) is 14.1. The minimum absolute atomic E-state index is 0.104. The predicted molar refractivity (Wildman–Crippen MR) is 130 cm³/mol. The molecule has 9 heteroatoms. The number of rotatable bonds is 6. The first-order valence-electron chi connectivity index (χ1n) is 11.4. The zero-order valence-corrected chi connectivity index (χ0v) is 19.7. The van der Waals surface area contributed by atoms with Gasteiger partial charge in [0.25, 0.3) is 5.91 Å². The lowest BCUT2D eigenvalue weighted by atomic mass is 10.1. The number of hydrogen-bond acceptors (Lipinski definition) is 7. The van der Waals surface area contributed by atoms with E-state index in [0.29, 0.717) is 31.6 Å². The van der Waals surface area contributed by atoms with Crippen molar-refractivity contribution in [2.45, 2.75) is 13.8 Å². The number of para-hydroxylation sites is 2. The molecule has 1 saturated heterocycles. The smallest absolute Gasteiger partial charge is 0.374 e. The number of esters is 1. The summed E-state index contributed by atoms with van der Waals surface area (Å²) < 4.78 is 10.5. The summed E-state index contributed by atoms with van der Waals surface area (Å²) in [5.41, 5.74) is 2.76. The first-order valence-corrected chi connectivity index (χ1v) is 11.4. The second kappa shape index (κ2) is 10.5. The zero-order chi connectivity index (χ0) is 24.9. The van der Waals surface area contributed by atoms with Crippen LogP contribution in [-0.2, 0) is 14.3 Å². The summed E-state index contributed by atoms with van der Waals surface area (Å²) in [6, 6.07) is 13.5. The van der Waals surface area contributed by atoms with E-state index in [1.807, 2.05) is 36.9 Å². The molecule has 1 aliphatic heterocycles. The van der Waals surface area contributed by atoms with Gasteiger partial charge in [0.05, 0.1) is 11.9 Å². The van der Waals surface area contributed by atoms with Crippen molar-refractivity contribution in [1.82, 2.24) is 9.80 Å². The van der Waals surface area contributed by atoms with Gasteiger partial charge in [0.2, 0.25) is 11.7 Å². The largest absolute Gasteiger partial charge is 0.450 e. The van der Waals surface area contributed by atoms with Gasteiger partial charge in [-0.15, -0.1) is 0 Å². The van der Waals surface area contributed by atoms with Crippen LogP contribution in [0.2, 0.25) is 0 Å². The van der Waals surface area contributed by atoms with Crippen LogP contribution in [0.25, 0.3) is 11.0 Å². The molecule has 0 aliphatic carbocycles. The Morgan fingerprint density at radius 1 is 0.971 bits per heavy atom. The van der Waals surface area contributed by atoms with Crippen molar-refractivity contribution in [2.75, 3.05) is 44.6 Å². The Labute approximate surface area is 202 Å². The molecule has 2 aromatic carbocycles. The van der Waals surface area contributed by atoms with Crippen molar-refractivity contribution >= 4 is 34.4 Å². The van der Waals surface area contributed by atoms with Crippen LogP contribution >= 0.6 is 0 Å². The summed E-state index contributed by atoms with van der Waals surface area (Å²) in [5.74, 6) is -1.57. The molecule has 1 aromatic heterocycles. The SMILES string of the molecule is Cc1cccc(C)c1NC(=O)CN1CCN(C(=O)COC(=O)c2cc(=O)c3ccccc3o2)CC1. The van der Waals surface area contributed by atoms with Crippen molar-refractivity contribution in [2.24, 2.45) is 0 Å². The van der Waals surface area contributed by atoms with Crippen LogP contribution in [-0.4, -0.2) is 66.9 Å². The van der Waals surface area contributed by atoms with Gasteiger partial charge in [-0.05, 0) is 37.1 Å². The third-order valence-corrected chi connectivity index (χ3v) is 6.00. The average molecular weight is 478 g/mol. The molecular formula is C26H27N3O6. The quantitative estimate of drug-likeness (QED) is 0.543. The summed E-state index contributed by atoms with van der Waals surface area (Å²) >= 11 is 0. The van der Waals surface area contributed by atoms with E-state index in [1.54, 1.807) is 29.2 Å². The molecule has 35 heavy (non-hydrogen) atoms. The summed E-state index contributed by atoms with van der Waals surface area (Å²) in [4.78, 5) is 53.1. The Morgan fingerprint density at radius 3 is 2.37 bits per heavy atom. The first-order chi connectivity index (χ1) is 16.8. The lowest BCUT2D eigenvalue weighted by molar-refractivity contribution is -0.136. The number of carbonyl (C=O) groups is 3. The number of piperazine rings is 1. The van der Waals surface area contributed by atoms with Gasteiger partial charge in [-0.2, -0.15) is 0 Å². The molecule has 0 saturated carbocycles. The number of nitrogens with one attached hydrogen (secondary N) is 1. The molecule has 1 fully saturated rings. The summed E-state index contributed by atoms with van der Waals surface area (Å²) in [7, 11) is 0. The van der Waals surface area contributed by atoms with Crippen molar-refractivity contribution < 1.29 is 23.5 Å². The molecular weight excluding hydrogens is 450 g/mol. The first kappa shape index (κ1) is 24.2. The molecule has 0 atom stereocenters. The number of hydrogen-bond donors (Lipinski definition) is 1. The molecule has 4 rings (SSSR count). The third-order valence-electron chi connectivity index (χ3n) is 6.00. The monoisotopic (exact) mass is 477 g/mol. The topological polar surface area (TPSA) is 109 Å². The van der Waals surface area contributed by atoms with Gasteiger partial charge in [0, 0.05) is 37.9 Å². The molecule has 1 N–H and O–H groups in total. The van der Waals surface area contributed by atoms with Gasteiger partial charge in [-0.3, -0.25) is 19.3 Å². The highest BCUT2D eigenvalue weighted by molar-refractivity contribution is 5.94. The molecule has 0 radical (unpaired) electrons. The molecule has 2 heterocycles. The highest BCUT2D eigenvalue weighted by atomic mass is 16.5. The van der Waals surface area contributed by atoms with Crippen molar-refractivity contribution in [3.8, 4) is 0 Å². The summed E-state index contributed by atoms with van der Waals surface area (Å²) in [6.45, 7) is 5.56. The van der Waals surface area contributed by atoms with Gasteiger partial charge in [-0.1, -0.05) is 30.3 Å². The van der Waals surface area contributed by atoms with E-state index in [-0.39, 0.29) is 35.1 Å². The molecule has 0 unspecified atom stereocenters. The fourth-order valence-electron chi connectivity index (χ4n) is 4.04. The summed E-state index contributed by atoms with van der Waals surface area (Å²) in [5, 5.41) is 3.34. The number of amides is 2. The molecule has 1 aliphatic rings. The highest BCUT2D eigenvalue weighted by Gasteiger charge is 2.24. The van der Waals surface area contributed by atoms with Gasteiger partial charge < -0.3 is 19.4 Å². The average Bonchev–Trinajstić information content (AvgIpc) is 2.85. The minimum atomic E-state index is -0.872. The fraction of sp³-hybridized carbons (Fsp3) is 0.308. The Bertz CT molecular complexity index is 1300. The van der Waals surface area contributed by atoms with Crippen molar-refractivity contribution in [1.29, 1.82) is 0 Å². The number of benzene rings is 2. The Morgan fingerprint density at radius 2 is 1.66 bits per heavy atom. The maximum Gasteiger partial charge on any atom is 0.374 e. The van der Waals surface area contributed by atoms with Crippen LogP contribution in [0.3, 0.4) is 0 Å². The molecule has 182 valence electrons. The number of aryl methyl sites for hydroxylation is 2. The maximum absolute atomic E-state index is 12.5. The van der Waals surface area contributed by atoms with Gasteiger partial charge >= 0.3 is 5.97 Å². The van der Waals surface area contributed by atoms with E-state index < -0.39 is 12.6 Å². The number of nitrogens with zero attached hydrogens (tertiary/aromatic N) is 2. The van der Waals surface area contributed by atoms with Crippen LogP contribution in [0.4, 0.5) is 5.69 Å². The van der Waals surface area contributed by atoms with E-state index in [9.17, 15) is 19.2 Å². The molecule has 0 spiro atoms. The fourth-order valence-corrected chi connectivity index (χ4v) is 4.04. The van der Waals surface area contributed by atoms with Gasteiger partial charge in [-0.25, -0.2) is 4.79 Å². The van der Waals surface area contributed by atoms with Crippen LogP contribution in [0.5, 0.6) is 0 Å². The third kappa shape index (κ3) is 5.75. The highest BCUT2D eigenvalue weighted by Crippen LogP contribution is 2.19. The van der Waals surface area contributed by atoms with E-state index >= 15 is 0 Å². The molecule has 0 bridgehead atoms. The lowest BCUT2D eigenvalue weighted by Crippen LogP contribution is -2.51. The second-order valence-electron chi connectivity index (χ2n) is 8.52. The van der Waals surface area contributed by atoms with Crippen molar-refractivity contribution in [3.05, 3.63) is 75.6 Å². The van der Waals surface area contributed by atoms with Crippen molar-refractivity contribution in [3.63, 3.8) is 0 Å². The minimum Gasteiger partial charge on any atom is -0.450 e. The van der Waals surface area contributed by atoms with E-state index in [4.69, 9.17) is 9.15 Å². The van der Waals surface area contributed by atoms with Gasteiger partial charge in [0.1, 0.15) is 5.58 Å². The Kier molecular flexibility index (Phi) is 7.26. The van der Waals surface area contributed by atoms with Crippen LogP contribution in [0, 0.1) is 13.8 Å². The van der Waals surface area contributed by atoms with E-state index in [2.05, 4.69) is 5.32 Å². The Hall–Kier alpha value is -3.98. The number of ether oxygens (including phenoxy) is 1. The molecule has 3 aromatic rings. The van der Waals surface area contributed by atoms with Crippen LogP contribution in [0.15, 0.2) is 57.7 Å². The van der Waals surface area contributed by atoms with Crippen LogP contribution < -0.4 is 10.7 Å². The number of fused-ring (bicyclic) bond motifs is 1. The number of anilines is 1. The van der Waals surface area contributed by atoms with Crippen LogP contribution in [0.1, 0.15) is 21.7 Å².